The van der Waals surface area contributed by atoms with Crippen molar-refractivity contribution in [2.75, 3.05) is 19.0 Å². The molecule has 0 fully saturated rings. The summed E-state index contributed by atoms with van der Waals surface area (Å²) in [6, 6.07) is 15.5. The van der Waals surface area contributed by atoms with Crippen molar-refractivity contribution in [3.05, 3.63) is 87.8 Å². The van der Waals surface area contributed by atoms with E-state index in [0.717, 1.165) is 0 Å². The number of hydrogen-bond donors (Lipinski definition) is 2. The lowest BCUT2D eigenvalue weighted by atomic mass is 10.00. The molecule has 0 aliphatic carbocycles. The Morgan fingerprint density at radius 2 is 1.55 bits per heavy atom. The van der Waals surface area contributed by atoms with Crippen molar-refractivity contribution in [3.8, 4) is 28.3 Å². The van der Waals surface area contributed by atoms with E-state index in [2.05, 4.69) is 20.6 Å². The van der Waals surface area contributed by atoms with Gasteiger partial charge >= 0.3 is 5.97 Å². The molecule has 0 saturated carbocycles. The van der Waals surface area contributed by atoms with Gasteiger partial charge in [0.1, 0.15) is 11.1 Å². The molecule has 1 atom stereocenters. The molecule has 0 unspecified atom stereocenters. The number of anilines is 2. The number of hydrogen-bond acceptors (Lipinski definition) is 9. The van der Waals surface area contributed by atoms with Crippen LogP contribution in [-0.4, -0.2) is 52.7 Å². The Bertz CT molecular complexity index is 1840. The third kappa shape index (κ3) is 9.33. The van der Waals surface area contributed by atoms with Gasteiger partial charge in [-0.25, -0.2) is 19.2 Å². The third-order valence-corrected chi connectivity index (χ3v) is 8.12. The molecule has 49 heavy (non-hydrogen) atoms. The molecular weight excluding hydrogens is 670 g/mol. The third-order valence-electron chi connectivity index (χ3n) is 7.31. The van der Waals surface area contributed by atoms with Gasteiger partial charge in [-0.3, -0.25) is 10.1 Å². The van der Waals surface area contributed by atoms with Crippen LogP contribution in [0.2, 0.25) is 10.0 Å². The zero-order chi connectivity index (χ0) is 36.1. The van der Waals surface area contributed by atoms with Crippen LogP contribution >= 0.6 is 23.2 Å². The van der Waals surface area contributed by atoms with E-state index in [1.165, 1.54) is 19.4 Å². The Morgan fingerprint density at radius 1 is 0.898 bits per heavy atom. The van der Waals surface area contributed by atoms with E-state index in [4.69, 9.17) is 37.4 Å². The number of carbonyl (C=O) groups is 2. The molecule has 4 rings (SSSR count). The highest BCUT2D eigenvalue weighted by Crippen LogP contribution is 2.42. The summed E-state index contributed by atoms with van der Waals surface area (Å²) in [5.74, 6) is -1.03. The van der Waals surface area contributed by atoms with Gasteiger partial charge in [0, 0.05) is 35.0 Å². The number of carbonyl (C=O) groups excluding carboxylic acids is 2. The molecule has 260 valence electrons. The van der Waals surface area contributed by atoms with Gasteiger partial charge < -0.3 is 19.5 Å². The standard InChI is InChI=1S/C37H41Cl2FN4O5/c1-35(2,3)48-21-37(7,34(46)49-36(4,5)6)42-19-22-17-18-41-32(31(22)40)43-28-14-10-12-25(30(28)39)24-11-9-13-26(29(24)38)27-16-15-23(20-45)33(44-27)47-8/h9-18,20,42H,19,21H2,1-8H3,(H,41,43)/t37-/m1/s1. The molecule has 4 aromatic rings. The van der Waals surface area contributed by atoms with E-state index in [9.17, 15) is 9.59 Å². The summed E-state index contributed by atoms with van der Waals surface area (Å²) in [6.07, 6.45) is 2.13. The first-order valence-electron chi connectivity index (χ1n) is 15.6. The van der Waals surface area contributed by atoms with Crippen molar-refractivity contribution in [2.45, 2.75) is 71.8 Å². The maximum atomic E-state index is 15.9. The first-order chi connectivity index (χ1) is 23.0. The Hall–Kier alpha value is -4.09. The van der Waals surface area contributed by atoms with Crippen molar-refractivity contribution in [1.29, 1.82) is 0 Å². The summed E-state index contributed by atoms with van der Waals surface area (Å²) in [4.78, 5) is 33.3. The van der Waals surface area contributed by atoms with Crippen LogP contribution in [-0.2, 0) is 20.8 Å². The lowest BCUT2D eigenvalue weighted by molar-refractivity contribution is -0.167. The number of ether oxygens (including phenoxy) is 3. The van der Waals surface area contributed by atoms with Gasteiger partial charge in [-0.1, -0.05) is 53.5 Å². The molecule has 9 nitrogen and oxygen atoms in total. The van der Waals surface area contributed by atoms with E-state index in [1.807, 2.05) is 32.9 Å². The van der Waals surface area contributed by atoms with Gasteiger partial charge in [-0.05, 0) is 72.7 Å². The van der Waals surface area contributed by atoms with Gasteiger partial charge in [0.05, 0.1) is 46.3 Å². The lowest BCUT2D eigenvalue weighted by Crippen LogP contribution is -2.56. The quantitative estimate of drug-likeness (QED) is 0.110. The SMILES string of the molecule is COc1nc(-c2cccc(-c3cccc(Nc4nccc(CN[C@](C)(COC(C)(C)C)C(=O)OC(C)(C)C)c4F)c3Cl)c2Cl)ccc1C=O. The minimum atomic E-state index is -1.27. The molecule has 0 aliphatic heterocycles. The van der Waals surface area contributed by atoms with Gasteiger partial charge in [0.25, 0.3) is 0 Å². The van der Waals surface area contributed by atoms with Crippen LogP contribution in [0.15, 0.2) is 60.8 Å². The molecule has 0 spiro atoms. The first-order valence-corrected chi connectivity index (χ1v) is 16.3. The predicted molar refractivity (Wildman–Crippen MR) is 191 cm³/mol. The van der Waals surface area contributed by atoms with Gasteiger partial charge in [0.15, 0.2) is 17.9 Å². The first kappa shape index (κ1) is 37.7. The number of benzene rings is 2. The van der Waals surface area contributed by atoms with Gasteiger partial charge in [-0.15, -0.1) is 0 Å². The molecule has 0 bridgehead atoms. The second kappa shape index (κ2) is 15.2. The van der Waals surface area contributed by atoms with Crippen LogP contribution in [0, 0.1) is 5.82 Å². The van der Waals surface area contributed by atoms with E-state index in [-0.39, 0.29) is 35.4 Å². The largest absolute Gasteiger partial charge is 0.480 e. The van der Waals surface area contributed by atoms with Crippen LogP contribution in [0.1, 0.15) is 64.4 Å². The lowest BCUT2D eigenvalue weighted by Gasteiger charge is -2.34. The van der Waals surface area contributed by atoms with Crippen molar-refractivity contribution >= 4 is 47.0 Å². The van der Waals surface area contributed by atoms with Crippen molar-refractivity contribution in [2.24, 2.45) is 0 Å². The molecule has 2 heterocycles. The van der Waals surface area contributed by atoms with E-state index >= 15 is 4.39 Å². The normalized spacial score (nSPS) is 13.0. The highest BCUT2D eigenvalue weighted by molar-refractivity contribution is 6.39. The van der Waals surface area contributed by atoms with Crippen LogP contribution < -0.4 is 15.4 Å². The Balaban J connectivity index is 1.61. The van der Waals surface area contributed by atoms with Crippen LogP contribution in [0.25, 0.3) is 22.4 Å². The smallest absolute Gasteiger partial charge is 0.328 e. The predicted octanol–water partition coefficient (Wildman–Crippen LogP) is 8.83. The van der Waals surface area contributed by atoms with Crippen LogP contribution in [0.5, 0.6) is 5.88 Å². The van der Waals surface area contributed by atoms with E-state index in [0.29, 0.717) is 44.9 Å². The summed E-state index contributed by atoms with van der Waals surface area (Å²) in [6.45, 7) is 12.7. The van der Waals surface area contributed by atoms with Crippen molar-refractivity contribution in [1.82, 2.24) is 15.3 Å². The van der Waals surface area contributed by atoms with Gasteiger partial charge in [0.2, 0.25) is 5.88 Å². The zero-order valence-corrected chi connectivity index (χ0v) is 30.3. The fourth-order valence-corrected chi connectivity index (χ4v) is 5.29. The molecule has 2 N–H and O–H groups in total. The minimum Gasteiger partial charge on any atom is -0.480 e. The number of rotatable bonds is 12. The molecule has 2 aromatic heterocycles. The van der Waals surface area contributed by atoms with Crippen LogP contribution in [0.3, 0.4) is 0 Å². The second-order valence-electron chi connectivity index (χ2n) is 13.6. The Labute approximate surface area is 296 Å². The number of nitrogens with zero attached hydrogens (tertiary/aromatic N) is 2. The number of nitrogens with one attached hydrogen (secondary N) is 2. The average Bonchev–Trinajstić information content (AvgIpc) is 3.04. The number of esters is 1. The van der Waals surface area contributed by atoms with Crippen molar-refractivity contribution in [3.63, 3.8) is 0 Å². The number of aldehydes is 1. The zero-order valence-electron chi connectivity index (χ0n) is 28.8. The van der Waals surface area contributed by atoms with Crippen molar-refractivity contribution < 1.29 is 28.2 Å². The maximum absolute atomic E-state index is 15.9. The molecule has 12 heteroatoms. The topological polar surface area (TPSA) is 112 Å². The Kier molecular flexibility index (Phi) is 11.7. The van der Waals surface area contributed by atoms with E-state index in [1.54, 1.807) is 64.1 Å². The van der Waals surface area contributed by atoms with E-state index < -0.39 is 28.5 Å². The highest BCUT2D eigenvalue weighted by Gasteiger charge is 2.38. The summed E-state index contributed by atoms with van der Waals surface area (Å²) < 4.78 is 32.8. The maximum Gasteiger partial charge on any atom is 0.328 e. The monoisotopic (exact) mass is 710 g/mol. The average molecular weight is 712 g/mol. The summed E-state index contributed by atoms with van der Waals surface area (Å²) >= 11 is 13.8. The summed E-state index contributed by atoms with van der Waals surface area (Å²) in [7, 11) is 1.43. The van der Waals surface area contributed by atoms with Gasteiger partial charge in [-0.2, -0.15) is 0 Å². The highest BCUT2D eigenvalue weighted by atomic mass is 35.5. The number of methoxy groups -OCH3 is 1. The number of aromatic nitrogens is 2. The minimum absolute atomic E-state index is 0.00302. The molecule has 0 saturated heterocycles. The molecular formula is C37H41Cl2FN4O5. The summed E-state index contributed by atoms with van der Waals surface area (Å²) in [5.41, 5.74) is 0.744. The molecule has 0 aliphatic rings. The molecule has 0 radical (unpaired) electrons. The fraction of sp³-hybridized carbons (Fsp3) is 0.351. The van der Waals surface area contributed by atoms with Crippen LogP contribution in [0.4, 0.5) is 15.9 Å². The molecule has 0 amide bonds. The number of halogens is 3. The molecule has 2 aromatic carbocycles. The Morgan fingerprint density at radius 3 is 2.18 bits per heavy atom. The fourth-order valence-electron chi connectivity index (χ4n) is 4.69. The number of pyridine rings is 2. The second-order valence-corrected chi connectivity index (χ2v) is 14.3. The summed E-state index contributed by atoms with van der Waals surface area (Å²) in [5, 5.41) is 6.82.